The van der Waals surface area contributed by atoms with Crippen LogP contribution in [0, 0.1) is 0 Å². The van der Waals surface area contributed by atoms with E-state index in [1.54, 1.807) is 0 Å². The molecule has 2 aromatic carbocycles. The molecule has 0 amide bonds. The maximum atomic E-state index is 6.78. The predicted octanol–water partition coefficient (Wildman–Crippen LogP) is 5.63. The van der Waals surface area contributed by atoms with Crippen LogP contribution in [-0.4, -0.2) is 0 Å². The van der Waals surface area contributed by atoms with E-state index in [4.69, 9.17) is 19.7 Å². The Morgan fingerprint density at radius 3 is 2.35 bits per heavy atom. The number of hydrogen-bond donors (Lipinski definition) is 1. The summed E-state index contributed by atoms with van der Waals surface area (Å²) in [5.74, 6) is 0. The van der Waals surface area contributed by atoms with Gasteiger partial charge in [0.05, 0.1) is 0 Å². The van der Waals surface area contributed by atoms with Crippen molar-refractivity contribution in [1.82, 2.24) is 0 Å². The number of benzene rings is 2. The Hall–Kier alpha value is -0.856. The van der Waals surface area contributed by atoms with Crippen LogP contribution in [0.4, 0.5) is 5.69 Å². The average molecular weight is 343 g/mol. The molecule has 0 fully saturated rings. The van der Waals surface area contributed by atoms with E-state index in [0.717, 1.165) is 5.69 Å². The molecule has 0 spiro atoms. The van der Waals surface area contributed by atoms with Crippen molar-refractivity contribution in [1.29, 1.82) is 0 Å². The second kappa shape index (κ2) is 5.50. The van der Waals surface area contributed by atoms with E-state index in [9.17, 15) is 0 Å². The Labute approximate surface area is 130 Å². The molecular weight excluding hydrogens is 328 g/mol. The standard InChI is InChI=1S/C10H9.C6H6N.2ClH.V/c1-8-6-9-4-2-3-5-10(9)7-8;7-6-4-2-1-3-5-6;;;/h2-7H,1H3;1-5,7H;2*1H;/q;-1;;;+3/p-2. The van der Waals surface area contributed by atoms with Crippen molar-refractivity contribution in [3.63, 3.8) is 0 Å². The van der Waals surface area contributed by atoms with Gasteiger partial charge in [0, 0.05) is 0 Å². The van der Waals surface area contributed by atoms with Gasteiger partial charge in [-0.2, -0.15) is 0 Å². The monoisotopic (exact) mass is 342 g/mol. The average Bonchev–Trinajstić information content (AvgIpc) is 2.75. The first-order chi connectivity index (χ1) is 9.58. The summed E-state index contributed by atoms with van der Waals surface area (Å²) < 4.78 is 3.51. The number of halogens is 2. The first-order valence-electron chi connectivity index (χ1n) is 6.46. The van der Waals surface area contributed by atoms with Crippen LogP contribution in [0.5, 0.6) is 0 Å². The van der Waals surface area contributed by atoms with Crippen LogP contribution in [0.1, 0.15) is 22.7 Å². The summed E-state index contributed by atoms with van der Waals surface area (Å²) >= 11 is -3.09. The molecular formula is C16H15Cl2NV. The topological polar surface area (TPSA) is 12.0 Å². The summed E-state index contributed by atoms with van der Waals surface area (Å²) in [6.45, 7) is 2.11. The molecule has 0 heterocycles. The van der Waals surface area contributed by atoms with E-state index < -0.39 is 12.3 Å². The van der Waals surface area contributed by atoms with Gasteiger partial charge in [-0.25, -0.2) is 0 Å². The van der Waals surface area contributed by atoms with Crippen molar-refractivity contribution in [2.45, 2.75) is 11.6 Å². The molecule has 1 aliphatic rings. The summed E-state index contributed by atoms with van der Waals surface area (Å²) in [7, 11) is 13.6. The van der Waals surface area contributed by atoms with E-state index in [0.29, 0.717) is 0 Å². The Kier molecular flexibility index (Phi) is 3.88. The number of rotatable bonds is 3. The zero-order valence-electron chi connectivity index (χ0n) is 11.1. The third-order valence-electron chi connectivity index (χ3n) is 3.48. The molecule has 20 heavy (non-hydrogen) atoms. The number of anilines is 1. The molecule has 0 saturated carbocycles. The number of para-hydroxylation sites is 1. The summed E-state index contributed by atoms with van der Waals surface area (Å²) in [6.07, 6.45) is 2.19. The Balaban J connectivity index is 1.94. The van der Waals surface area contributed by atoms with Gasteiger partial charge in [-0.1, -0.05) is 0 Å². The molecule has 1 unspecified atom stereocenters. The van der Waals surface area contributed by atoms with E-state index in [2.05, 4.69) is 29.3 Å². The summed E-state index contributed by atoms with van der Waals surface area (Å²) in [5.41, 5.74) is 4.71. The van der Waals surface area contributed by atoms with Crippen molar-refractivity contribution in [2.24, 2.45) is 0 Å². The molecule has 1 nitrogen and oxygen atoms in total. The maximum absolute atomic E-state index is 6.78. The fourth-order valence-electron chi connectivity index (χ4n) is 2.64. The Morgan fingerprint density at radius 1 is 0.950 bits per heavy atom. The zero-order chi connectivity index (χ0) is 14.2. The second-order valence-electron chi connectivity index (χ2n) is 4.95. The molecule has 0 saturated heterocycles. The van der Waals surface area contributed by atoms with Crippen LogP contribution in [0.15, 0.2) is 60.2 Å². The zero-order valence-corrected chi connectivity index (χ0v) is 14.0. The number of hydrogen-bond acceptors (Lipinski definition) is 1. The van der Waals surface area contributed by atoms with E-state index >= 15 is 0 Å². The van der Waals surface area contributed by atoms with Gasteiger partial charge in [0.1, 0.15) is 0 Å². The Morgan fingerprint density at radius 2 is 1.60 bits per heavy atom. The number of allylic oxidation sites excluding steroid dienone is 1. The molecule has 3 rings (SSSR count). The van der Waals surface area contributed by atoms with E-state index in [1.165, 1.54) is 16.7 Å². The SMILES string of the molecule is CC1=Cc2ccccc2[CH]1[V]([Cl])([Cl])[NH]c1ccccc1. The van der Waals surface area contributed by atoms with Crippen molar-refractivity contribution < 1.29 is 12.3 Å². The van der Waals surface area contributed by atoms with Crippen molar-refractivity contribution in [2.75, 3.05) is 4.17 Å². The predicted molar refractivity (Wildman–Crippen MR) is 84.6 cm³/mol. The number of fused-ring (bicyclic) bond motifs is 1. The van der Waals surface area contributed by atoms with Gasteiger partial charge in [0.15, 0.2) is 0 Å². The minimum absolute atomic E-state index is 0.118. The molecule has 4 heteroatoms. The quantitative estimate of drug-likeness (QED) is 0.761. The van der Waals surface area contributed by atoms with Gasteiger partial charge in [-0.15, -0.1) is 0 Å². The van der Waals surface area contributed by atoms with Crippen LogP contribution in [-0.2, 0) is 12.3 Å². The normalized spacial score (nSPS) is 17.6. The van der Waals surface area contributed by atoms with Crippen LogP contribution < -0.4 is 4.17 Å². The molecule has 1 aliphatic carbocycles. The van der Waals surface area contributed by atoms with Gasteiger partial charge >= 0.3 is 131 Å². The summed E-state index contributed by atoms with van der Waals surface area (Å²) in [4.78, 5) is 0. The minimum atomic E-state index is -3.09. The van der Waals surface area contributed by atoms with Crippen molar-refractivity contribution >= 4 is 31.5 Å². The van der Waals surface area contributed by atoms with Crippen LogP contribution in [0.2, 0.25) is 0 Å². The molecule has 2 aromatic rings. The van der Waals surface area contributed by atoms with Gasteiger partial charge in [-0.3, -0.25) is 0 Å². The second-order valence-corrected chi connectivity index (χ2v) is 13.0. The van der Waals surface area contributed by atoms with E-state index in [1.807, 2.05) is 42.5 Å². The summed E-state index contributed by atoms with van der Waals surface area (Å²) in [6, 6.07) is 18.3. The first-order valence-corrected chi connectivity index (χ1v) is 11.8. The molecule has 1 atom stereocenters. The Bertz CT molecular complexity index is 653. The molecule has 1 N–H and O–H groups in total. The van der Waals surface area contributed by atoms with Crippen LogP contribution in [0.3, 0.4) is 0 Å². The third-order valence-corrected chi connectivity index (χ3v) is 8.74. The van der Waals surface area contributed by atoms with Gasteiger partial charge in [0.2, 0.25) is 0 Å². The number of nitrogens with one attached hydrogen (secondary N) is 1. The van der Waals surface area contributed by atoms with Gasteiger partial charge in [0.25, 0.3) is 0 Å². The van der Waals surface area contributed by atoms with Crippen LogP contribution >= 0.6 is 19.7 Å². The van der Waals surface area contributed by atoms with Gasteiger partial charge in [-0.05, 0) is 0 Å². The first kappa shape index (κ1) is 14.1. The molecule has 103 valence electrons. The fourth-order valence-corrected chi connectivity index (χ4v) is 8.38. The van der Waals surface area contributed by atoms with E-state index in [-0.39, 0.29) is 4.63 Å². The van der Waals surface area contributed by atoms with Gasteiger partial charge < -0.3 is 0 Å². The third kappa shape index (κ3) is 2.64. The van der Waals surface area contributed by atoms with Crippen molar-refractivity contribution in [3.05, 3.63) is 71.3 Å². The molecule has 0 radical (unpaired) electrons. The molecule has 0 bridgehead atoms. The molecule has 0 aromatic heterocycles. The fraction of sp³-hybridized carbons (Fsp3) is 0.125. The van der Waals surface area contributed by atoms with Crippen LogP contribution in [0.25, 0.3) is 6.08 Å². The summed E-state index contributed by atoms with van der Waals surface area (Å²) in [5, 5.41) is 0. The van der Waals surface area contributed by atoms with Crippen molar-refractivity contribution in [3.8, 4) is 0 Å². The molecule has 0 aliphatic heterocycles.